The molecular weight excluding hydrogens is 334 g/mol. The molecule has 7 nitrogen and oxygen atoms in total. The Bertz CT molecular complexity index is 854. The van der Waals surface area contributed by atoms with Crippen LogP contribution >= 0.6 is 0 Å². The maximum Gasteiger partial charge on any atom is 0.261 e. The molecule has 0 atom stereocenters. The molecular formula is C19H27N3O4. The Morgan fingerprint density at radius 3 is 2.31 bits per heavy atom. The summed E-state index contributed by atoms with van der Waals surface area (Å²) in [5, 5.41) is 0.467. The Balaban J connectivity index is 2.16. The van der Waals surface area contributed by atoms with Gasteiger partial charge in [-0.15, -0.1) is 0 Å². The van der Waals surface area contributed by atoms with Crippen molar-refractivity contribution in [1.82, 2.24) is 14.5 Å². The summed E-state index contributed by atoms with van der Waals surface area (Å²) in [7, 11) is 8.78. The lowest BCUT2D eigenvalue weighted by molar-refractivity contribution is 0.132. The highest BCUT2D eigenvalue weighted by molar-refractivity contribution is 5.89. The van der Waals surface area contributed by atoms with Gasteiger partial charge in [0.25, 0.3) is 5.56 Å². The Morgan fingerprint density at radius 1 is 1.12 bits per heavy atom. The molecule has 0 N–H and O–H groups in total. The lowest BCUT2D eigenvalue weighted by Gasteiger charge is -2.36. The van der Waals surface area contributed by atoms with Crippen molar-refractivity contribution >= 4 is 10.9 Å². The molecule has 7 heteroatoms. The first kappa shape index (κ1) is 18.5. The fourth-order valence-electron chi connectivity index (χ4n) is 3.98. The minimum Gasteiger partial charge on any atom is -0.493 e. The third-order valence-corrected chi connectivity index (χ3v) is 5.57. The molecule has 0 amide bonds. The predicted octanol–water partition coefficient (Wildman–Crippen LogP) is 2.30. The lowest BCUT2D eigenvalue weighted by Crippen LogP contribution is -2.47. The normalized spacial score (nSPS) is 16.2. The largest absolute Gasteiger partial charge is 0.493 e. The van der Waals surface area contributed by atoms with Crippen molar-refractivity contribution in [3.05, 3.63) is 22.7 Å². The smallest absolute Gasteiger partial charge is 0.261 e. The van der Waals surface area contributed by atoms with Crippen molar-refractivity contribution in [3.63, 3.8) is 0 Å². The van der Waals surface area contributed by atoms with Crippen LogP contribution in [-0.4, -0.2) is 55.4 Å². The van der Waals surface area contributed by atoms with Crippen LogP contribution < -0.4 is 19.8 Å². The fourth-order valence-corrected chi connectivity index (χ4v) is 3.98. The van der Waals surface area contributed by atoms with E-state index < -0.39 is 0 Å². The molecule has 3 rings (SSSR count). The molecule has 2 aromatic rings. The van der Waals surface area contributed by atoms with E-state index >= 15 is 0 Å². The monoisotopic (exact) mass is 361 g/mol. The summed E-state index contributed by atoms with van der Waals surface area (Å²) >= 11 is 0. The molecule has 1 aromatic heterocycles. The highest BCUT2D eigenvalue weighted by Crippen LogP contribution is 2.41. The first-order valence-electron chi connectivity index (χ1n) is 8.83. The Hall–Kier alpha value is -2.28. The zero-order valence-corrected chi connectivity index (χ0v) is 16.2. The zero-order valence-electron chi connectivity index (χ0n) is 16.2. The molecule has 0 spiro atoms. The van der Waals surface area contributed by atoms with Crippen LogP contribution in [0.2, 0.25) is 0 Å². The van der Waals surface area contributed by atoms with Crippen LogP contribution in [-0.2, 0) is 6.54 Å². The van der Waals surface area contributed by atoms with Gasteiger partial charge in [0, 0.05) is 12.1 Å². The van der Waals surface area contributed by atoms with Gasteiger partial charge in [-0.25, -0.2) is 4.98 Å². The number of ether oxygens (including phenoxy) is 3. The second-order valence-electron chi connectivity index (χ2n) is 7.04. The number of nitrogens with zero attached hydrogens (tertiary/aromatic N) is 3. The molecule has 0 bridgehead atoms. The molecule has 0 aliphatic heterocycles. The van der Waals surface area contributed by atoms with E-state index in [1.165, 1.54) is 34.2 Å². The van der Waals surface area contributed by atoms with E-state index in [2.05, 4.69) is 24.0 Å². The van der Waals surface area contributed by atoms with Crippen LogP contribution in [0, 0.1) is 0 Å². The number of fused-ring (bicyclic) bond motifs is 1. The van der Waals surface area contributed by atoms with E-state index in [0.29, 0.717) is 34.7 Å². The number of aromatic nitrogens is 2. The molecule has 26 heavy (non-hydrogen) atoms. The van der Waals surface area contributed by atoms with E-state index in [-0.39, 0.29) is 11.1 Å². The van der Waals surface area contributed by atoms with Crippen LogP contribution in [0.15, 0.2) is 17.2 Å². The van der Waals surface area contributed by atoms with Gasteiger partial charge in [0.15, 0.2) is 11.5 Å². The Morgan fingerprint density at radius 2 is 1.77 bits per heavy atom. The summed E-state index contributed by atoms with van der Waals surface area (Å²) < 4.78 is 17.9. The molecule has 142 valence electrons. The van der Waals surface area contributed by atoms with Gasteiger partial charge in [0.2, 0.25) is 5.75 Å². The summed E-state index contributed by atoms with van der Waals surface area (Å²) in [5.74, 6) is 1.30. The maximum atomic E-state index is 13.2. The van der Waals surface area contributed by atoms with Crippen LogP contribution in [0.25, 0.3) is 10.9 Å². The van der Waals surface area contributed by atoms with Crippen LogP contribution in [0.1, 0.15) is 25.7 Å². The molecule has 0 radical (unpaired) electrons. The lowest BCUT2D eigenvalue weighted by atomic mass is 9.96. The maximum absolute atomic E-state index is 13.2. The van der Waals surface area contributed by atoms with Crippen molar-refractivity contribution in [2.45, 2.75) is 37.8 Å². The first-order chi connectivity index (χ1) is 12.5. The minimum atomic E-state index is -0.0950. The highest BCUT2D eigenvalue weighted by atomic mass is 16.5. The van der Waals surface area contributed by atoms with Gasteiger partial charge in [-0.05, 0) is 33.0 Å². The van der Waals surface area contributed by atoms with E-state index in [0.717, 1.165) is 12.8 Å². The number of likely N-dealkylation sites (N-methyl/N-ethyl adjacent to an activating group) is 1. The summed E-state index contributed by atoms with van der Waals surface area (Å²) in [6.07, 6.45) is 6.15. The molecule has 0 unspecified atom stereocenters. The molecule has 1 saturated carbocycles. The summed E-state index contributed by atoms with van der Waals surface area (Å²) in [6, 6.07) is 1.68. The number of methoxy groups -OCH3 is 3. The molecule has 1 aliphatic carbocycles. The Kier molecular flexibility index (Phi) is 5.09. The molecule has 1 heterocycles. The quantitative estimate of drug-likeness (QED) is 0.787. The average Bonchev–Trinajstić information content (AvgIpc) is 3.12. The first-order valence-corrected chi connectivity index (χ1v) is 8.83. The molecule has 0 saturated heterocycles. The van der Waals surface area contributed by atoms with E-state index in [4.69, 9.17) is 14.2 Å². The average molecular weight is 361 g/mol. The van der Waals surface area contributed by atoms with Gasteiger partial charge in [-0.1, -0.05) is 12.8 Å². The summed E-state index contributed by atoms with van der Waals surface area (Å²) in [6.45, 7) is 0.623. The van der Waals surface area contributed by atoms with Crippen molar-refractivity contribution in [2.75, 3.05) is 35.4 Å². The summed E-state index contributed by atoms with van der Waals surface area (Å²) in [4.78, 5) is 19.9. The number of hydrogen-bond donors (Lipinski definition) is 0. The minimum absolute atomic E-state index is 0.000172. The van der Waals surface area contributed by atoms with Gasteiger partial charge >= 0.3 is 0 Å². The van der Waals surface area contributed by atoms with Crippen molar-refractivity contribution < 1.29 is 14.2 Å². The number of benzene rings is 1. The van der Waals surface area contributed by atoms with Gasteiger partial charge in [-0.3, -0.25) is 9.36 Å². The SMILES string of the molecule is COc1cc2c(=O)n(CC3(N(C)C)CCCC3)cnc2c(OC)c1OC. The van der Waals surface area contributed by atoms with Crippen molar-refractivity contribution in [2.24, 2.45) is 0 Å². The van der Waals surface area contributed by atoms with Crippen LogP contribution in [0.5, 0.6) is 17.2 Å². The number of hydrogen-bond acceptors (Lipinski definition) is 6. The van der Waals surface area contributed by atoms with Gasteiger partial charge in [0.1, 0.15) is 5.52 Å². The van der Waals surface area contributed by atoms with Crippen molar-refractivity contribution in [3.8, 4) is 17.2 Å². The number of rotatable bonds is 6. The third kappa shape index (κ3) is 2.90. The van der Waals surface area contributed by atoms with Crippen LogP contribution in [0.3, 0.4) is 0 Å². The molecule has 1 fully saturated rings. The third-order valence-electron chi connectivity index (χ3n) is 5.57. The van der Waals surface area contributed by atoms with Crippen LogP contribution in [0.4, 0.5) is 0 Å². The van der Waals surface area contributed by atoms with Crippen molar-refractivity contribution in [1.29, 1.82) is 0 Å². The summed E-state index contributed by atoms with van der Waals surface area (Å²) in [5.41, 5.74) is 0.388. The Labute approximate surface area is 153 Å². The zero-order chi connectivity index (χ0) is 18.9. The van der Waals surface area contributed by atoms with E-state index in [1.54, 1.807) is 17.0 Å². The van der Waals surface area contributed by atoms with E-state index in [1.807, 2.05) is 0 Å². The molecule has 1 aliphatic rings. The second-order valence-corrected chi connectivity index (χ2v) is 7.04. The van der Waals surface area contributed by atoms with Gasteiger partial charge in [-0.2, -0.15) is 0 Å². The van der Waals surface area contributed by atoms with E-state index in [9.17, 15) is 4.79 Å². The van der Waals surface area contributed by atoms with Gasteiger partial charge in [0.05, 0.1) is 33.0 Å². The standard InChI is InChI=1S/C19H27N3O4/c1-21(2)19(8-6-7-9-19)11-22-12-20-15-13(18(22)23)10-14(24-3)16(25-4)17(15)26-5/h10,12H,6-9,11H2,1-5H3. The highest BCUT2D eigenvalue weighted by Gasteiger charge is 2.36. The second kappa shape index (κ2) is 7.15. The van der Waals surface area contributed by atoms with Gasteiger partial charge < -0.3 is 19.1 Å². The molecule has 1 aromatic carbocycles. The fraction of sp³-hybridized carbons (Fsp3) is 0.579. The predicted molar refractivity (Wildman–Crippen MR) is 101 cm³/mol. The topological polar surface area (TPSA) is 65.8 Å².